The molecule has 1 unspecified atom stereocenters. The lowest BCUT2D eigenvalue weighted by molar-refractivity contribution is -0.154. The molecule has 0 bridgehead atoms. The molecule has 2 N–H and O–H groups in total. The van der Waals surface area contributed by atoms with Crippen LogP contribution in [0.25, 0.3) is 0 Å². The van der Waals surface area contributed by atoms with E-state index in [0.717, 1.165) is 25.2 Å². The minimum atomic E-state index is -4.40. The van der Waals surface area contributed by atoms with Crippen LogP contribution in [0.5, 0.6) is 5.88 Å². The Kier molecular flexibility index (Phi) is 11.7. The number of ether oxygens (including phenoxy) is 2. The second-order valence-electron chi connectivity index (χ2n) is 7.36. The topological polar surface area (TPSA) is 71.0 Å². The first-order chi connectivity index (χ1) is 13.7. The van der Waals surface area contributed by atoms with Crippen LogP contribution < -0.4 is 15.4 Å². The second kappa shape index (κ2) is 13.2. The third-order valence-electron chi connectivity index (χ3n) is 4.21. The van der Waals surface area contributed by atoms with Gasteiger partial charge in [0.05, 0.1) is 12.7 Å². The van der Waals surface area contributed by atoms with Gasteiger partial charge in [-0.2, -0.15) is 13.2 Å². The summed E-state index contributed by atoms with van der Waals surface area (Å²) >= 11 is 0. The predicted octanol–water partition coefficient (Wildman–Crippen LogP) is 2.66. The number of nitrogens with one attached hydrogen (secondary N) is 2. The van der Waals surface area contributed by atoms with Crippen LogP contribution in [-0.4, -0.2) is 74.6 Å². The molecule has 1 aliphatic heterocycles. The summed E-state index contributed by atoms with van der Waals surface area (Å²) in [4.78, 5) is 10.4. The van der Waals surface area contributed by atoms with E-state index in [1.807, 2.05) is 0 Å². The molecule has 1 aromatic heterocycles. The van der Waals surface area contributed by atoms with Gasteiger partial charge < -0.3 is 20.1 Å². The van der Waals surface area contributed by atoms with Gasteiger partial charge in [-0.1, -0.05) is 13.8 Å². The van der Waals surface area contributed by atoms with Gasteiger partial charge in [0.2, 0.25) is 5.88 Å². The summed E-state index contributed by atoms with van der Waals surface area (Å²) in [6.45, 7) is 7.60. The molecule has 0 aliphatic carbocycles. The molecule has 7 nitrogen and oxygen atoms in total. The Morgan fingerprint density at radius 3 is 2.83 bits per heavy atom. The first-order valence-corrected chi connectivity index (χ1v) is 9.68. The van der Waals surface area contributed by atoms with E-state index in [-0.39, 0.29) is 36.0 Å². The highest BCUT2D eigenvalue weighted by molar-refractivity contribution is 14.0. The van der Waals surface area contributed by atoms with E-state index < -0.39 is 12.8 Å². The fraction of sp³-hybridized carbons (Fsp3) is 0.684. The van der Waals surface area contributed by atoms with Crippen LogP contribution in [0.3, 0.4) is 0 Å². The molecule has 172 valence electrons. The molecule has 1 aromatic rings. The van der Waals surface area contributed by atoms with Crippen molar-refractivity contribution in [2.24, 2.45) is 10.9 Å². The molecule has 1 fully saturated rings. The highest BCUT2D eigenvalue weighted by Gasteiger charge is 2.28. The van der Waals surface area contributed by atoms with Gasteiger partial charge in [0, 0.05) is 52.0 Å². The number of hydrogen-bond donors (Lipinski definition) is 2. The average molecular weight is 545 g/mol. The van der Waals surface area contributed by atoms with Crippen LogP contribution in [0.15, 0.2) is 23.3 Å². The molecule has 0 amide bonds. The number of guanidine groups is 1. The molecule has 1 aliphatic rings. The second-order valence-corrected chi connectivity index (χ2v) is 7.36. The van der Waals surface area contributed by atoms with Crippen LogP contribution in [0, 0.1) is 5.92 Å². The molecule has 0 radical (unpaired) electrons. The maximum Gasteiger partial charge on any atom is 0.422 e. The van der Waals surface area contributed by atoms with Crippen molar-refractivity contribution in [2.75, 3.05) is 46.4 Å². The van der Waals surface area contributed by atoms with Crippen LogP contribution >= 0.6 is 24.0 Å². The molecule has 0 aromatic carbocycles. The predicted molar refractivity (Wildman–Crippen MR) is 120 cm³/mol. The zero-order valence-electron chi connectivity index (χ0n) is 17.5. The van der Waals surface area contributed by atoms with E-state index in [1.165, 1.54) is 12.3 Å². The smallest absolute Gasteiger partial charge is 0.422 e. The van der Waals surface area contributed by atoms with E-state index in [2.05, 4.69) is 44.1 Å². The van der Waals surface area contributed by atoms with Gasteiger partial charge in [-0.3, -0.25) is 9.89 Å². The maximum absolute atomic E-state index is 12.3. The van der Waals surface area contributed by atoms with Gasteiger partial charge in [0.15, 0.2) is 12.6 Å². The van der Waals surface area contributed by atoms with Crippen LogP contribution in [-0.2, 0) is 11.3 Å². The van der Waals surface area contributed by atoms with Crippen molar-refractivity contribution in [2.45, 2.75) is 32.7 Å². The standard InChI is InChI=1S/C19H30F3N5O2.HI/c1-14(2)11-27-6-7-28-16(12-27)10-26-18(23-3)25-9-15-4-5-24-17(8-15)29-13-19(20,21)22;/h4-5,8,14,16H,6-7,9-13H2,1-3H3,(H2,23,25,26);1H. The first kappa shape index (κ1) is 26.7. The highest BCUT2D eigenvalue weighted by Crippen LogP contribution is 2.17. The van der Waals surface area contributed by atoms with Crippen molar-refractivity contribution in [3.8, 4) is 5.88 Å². The van der Waals surface area contributed by atoms with Crippen molar-refractivity contribution in [3.63, 3.8) is 0 Å². The fourth-order valence-electron chi connectivity index (χ4n) is 3.00. The quantitative estimate of drug-likeness (QED) is 0.298. The number of aromatic nitrogens is 1. The SMILES string of the molecule is CN=C(NCc1ccnc(OCC(F)(F)F)c1)NCC1CN(CC(C)C)CCO1.I. The van der Waals surface area contributed by atoms with Gasteiger partial charge in [-0.05, 0) is 17.5 Å². The van der Waals surface area contributed by atoms with Gasteiger partial charge in [0.1, 0.15) is 0 Å². The van der Waals surface area contributed by atoms with Crippen LogP contribution in [0.1, 0.15) is 19.4 Å². The molecule has 0 spiro atoms. The Balaban J connectivity index is 0.00000450. The van der Waals surface area contributed by atoms with Crippen molar-refractivity contribution in [3.05, 3.63) is 23.9 Å². The summed E-state index contributed by atoms with van der Waals surface area (Å²) in [5.41, 5.74) is 0.733. The van der Waals surface area contributed by atoms with Crippen molar-refractivity contribution in [1.82, 2.24) is 20.5 Å². The molecular formula is C19H31F3IN5O2. The van der Waals surface area contributed by atoms with E-state index in [4.69, 9.17) is 4.74 Å². The van der Waals surface area contributed by atoms with Gasteiger partial charge in [-0.15, -0.1) is 24.0 Å². The average Bonchev–Trinajstić information content (AvgIpc) is 2.66. The molecule has 30 heavy (non-hydrogen) atoms. The van der Waals surface area contributed by atoms with Gasteiger partial charge in [-0.25, -0.2) is 4.98 Å². The number of alkyl halides is 3. The number of halogens is 4. The molecule has 1 atom stereocenters. The summed E-state index contributed by atoms with van der Waals surface area (Å²) in [6.07, 6.45) is -2.91. The van der Waals surface area contributed by atoms with E-state index in [1.54, 1.807) is 13.1 Å². The number of aliphatic imine (C=N–C) groups is 1. The van der Waals surface area contributed by atoms with Crippen molar-refractivity contribution < 1.29 is 22.6 Å². The number of nitrogens with zero attached hydrogens (tertiary/aromatic N) is 3. The van der Waals surface area contributed by atoms with Gasteiger partial charge in [0.25, 0.3) is 0 Å². The minimum Gasteiger partial charge on any atom is -0.468 e. The summed E-state index contributed by atoms with van der Waals surface area (Å²) in [7, 11) is 1.66. The van der Waals surface area contributed by atoms with Crippen LogP contribution in [0.2, 0.25) is 0 Å². The summed E-state index contributed by atoms with van der Waals surface area (Å²) in [5, 5.41) is 6.37. The lowest BCUT2D eigenvalue weighted by Gasteiger charge is -2.34. The number of hydrogen-bond acceptors (Lipinski definition) is 5. The van der Waals surface area contributed by atoms with Crippen molar-refractivity contribution >= 4 is 29.9 Å². The summed E-state index contributed by atoms with van der Waals surface area (Å²) in [6, 6.07) is 3.18. The lowest BCUT2D eigenvalue weighted by Crippen LogP contribution is -2.50. The maximum atomic E-state index is 12.3. The van der Waals surface area contributed by atoms with E-state index in [9.17, 15) is 13.2 Å². The fourth-order valence-corrected chi connectivity index (χ4v) is 3.00. The normalized spacial score (nSPS) is 18.1. The first-order valence-electron chi connectivity index (χ1n) is 9.68. The zero-order valence-corrected chi connectivity index (χ0v) is 19.9. The highest BCUT2D eigenvalue weighted by atomic mass is 127. The lowest BCUT2D eigenvalue weighted by atomic mass is 10.2. The Morgan fingerprint density at radius 2 is 2.17 bits per heavy atom. The Labute approximate surface area is 192 Å². The summed E-state index contributed by atoms with van der Waals surface area (Å²) in [5.74, 6) is 1.14. The van der Waals surface area contributed by atoms with Crippen LogP contribution in [0.4, 0.5) is 13.2 Å². The monoisotopic (exact) mass is 545 g/mol. The largest absolute Gasteiger partial charge is 0.468 e. The molecule has 0 saturated carbocycles. The number of rotatable bonds is 8. The molecular weight excluding hydrogens is 514 g/mol. The third-order valence-corrected chi connectivity index (χ3v) is 4.21. The Bertz CT molecular complexity index is 661. The van der Waals surface area contributed by atoms with E-state index >= 15 is 0 Å². The van der Waals surface area contributed by atoms with Crippen molar-refractivity contribution in [1.29, 1.82) is 0 Å². The Hall–Kier alpha value is -1.34. The number of morpholine rings is 1. The molecule has 1 saturated heterocycles. The zero-order chi connectivity index (χ0) is 21.3. The molecule has 11 heteroatoms. The summed E-state index contributed by atoms with van der Waals surface area (Å²) < 4.78 is 47.3. The number of pyridine rings is 1. The molecule has 2 heterocycles. The van der Waals surface area contributed by atoms with Gasteiger partial charge >= 0.3 is 6.18 Å². The minimum absolute atomic E-state index is 0. The third kappa shape index (κ3) is 10.6. The molecule has 2 rings (SSSR count). The Morgan fingerprint density at radius 1 is 1.40 bits per heavy atom. The van der Waals surface area contributed by atoms with E-state index in [0.29, 0.717) is 31.6 Å².